The summed E-state index contributed by atoms with van der Waals surface area (Å²) in [6, 6.07) is 4.90. The largest absolute Gasteiger partial charge is 0.418 e. The fourth-order valence-electron chi connectivity index (χ4n) is 1.74. The Labute approximate surface area is 118 Å². The van der Waals surface area contributed by atoms with Gasteiger partial charge in [0.25, 0.3) is 5.91 Å². The highest BCUT2D eigenvalue weighted by molar-refractivity contribution is 5.91. The van der Waals surface area contributed by atoms with Crippen LogP contribution in [0.3, 0.4) is 0 Å². The Morgan fingerprint density at radius 3 is 2.52 bits per heavy atom. The average molecular weight is 298 g/mol. The predicted molar refractivity (Wildman–Crippen MR) is 71.0 cm³/mol. The molecule has 8 heteroatoms. The zero-order valence-corrected chi connectivity index (χ0v) is 11.3. The monoisotopic (exact) mass is 298 g/mol. The van der Waals surface area contributed by atoms with Crippen LogP contribution in [0.25, 0.3) is 5.69 Å². The highest BCUT2D eigenvalue weighted by Gasteiger charge is 2.33. The standard InChI is InChI=1S/C13H13F3N4O/c1-19(2)12(21)11-5-6-20(18-11)8-3-4-10(17)9(7-8)13(14,15)16/h3-7H,17H2,1-2H3. The van der Waals surface area contributed by atoms with Gasteiger partial charge in [-0.05, 0) is 24.3 Å². The zero-order chi connectivity index (χ0) is 15.8. The summed E-state index contributed by atoms with van der Waals surface area (Å²) >= 11 is 0. The Morgan fingerprint density at radius 2 is 1.95 bits per heavy atom. The molecule has 1 aromatic carbocycles. The minimum Gasteiger partial charge on any atom is -0.398 e. The van der Waals surface area contributed by atoms with Gasteiger partial charge in [0.05, 0.1) is 11.3 Å². The summed E-state index contributed by atoms with van der Waals surface area (Å²) in [4.78, 5) is 13.0. The molecule has 0 aliphatic heterocycles. The Morgan fingerprint density at radius 1 is 1.29 bits per heavy atom. The first-order valence-electron chi connectivity index (χ1n) is 5.94. The Bertz CT molecular complexity index is 676. The minimum atomic E-state index is -4.55. The molecule has 0 aliphatic carbocycles. The number of carbonyl (C=O) groups excluding carboxylic acids is 1. The molecule has 5 nitrogen and oxygen atoms in total. The third-order valence-corrected chi connectivity index (χ3v) is 2.82. The summed E-state index contributed by atoms with van der Waals surface area (Å²) in [7, 11) is 3.12. The smallest absolute Gasteiger partial charge is 0.398 e. The number of anilines is 1. The van der Waals surface area contributed by atoms with Gasteiger partial charge in [0, 0.05) is 26.0 Å². The second-order valence-corrected chi connectivity index (χ2v) is 4.61. The maximum absolute atomic E-state index is 12.8. The normalized spacial score (nSPS) is 11.5. The van der Waals surface area contributed by atoms with Crippen molar-refractivity contribution in [2.45, 2.75) is 6.18 Å². The number of alkyl halides is 3. The van der Waals surface area contributed by atoms with E-state index in [1.807, 2.05) is 0 Å². The molecular weight excluding hydrogens is 285 g/mol. The Kier molecular flexibility index (Phi) is 3.63. The number of aromatic nitrogens is 2. The van der Waals surface area contributed by atoms with E-state index in [1.54, 1.807) is 14.1 Å². The summed E-state index contributed by atoms with van der Waals surface area (Å²) < 4.78 is 39.6. The third kappa shape index (κ3) is 2.99. The highest BCUT2D eigenvalue weighted by atomic mass is 19.4. The molecule has 2 N–H and O–H groups in total. The van der Waals surface area contributed by atoms with Crippen LogP contribution in [0.5, 0.6) is 0 Å². The maximum atomic E-state index is 12.8. The lowest BCUT2D eigenvalue weighted by atomic mass is 10.1. The van der Waals surface area contributed by atoms with Gasteiger partial charge in [-0.15, -0.1) is 0 Å². The molecule has 1 aromatic heterocycles. The van der Waals surface area contributed by atoms with Gasteiger partial charge in [-0.1, -0.05) is 0 Å². The Balaban J connectivity index is 2.42. The van der Waals surface area contributed by atoms with Gasteiger partial charge < -0.3 is 10.6 Å². The van der Waals surface area contributed by atoms with Crippen LogP contribution in [0.1, 0.15) is 16.1 Å². The zero-order valence-electron chi connectivity index (χ0n) is 11.3. The summed E-state index contributed by atoms with van der Waals surface area (Å²) in [5.74, 6) is -0.333. The van der Waals surface area contributed by atoms with Crippen molar-refractivity contribution in [2.75, 3.05) is 19.8 Å². The number of rotatable bonds is 2. The highest BCUT2D eigenvalue weighted by Crippen LogP contribution is 2.34. The molecule has 2 aromatic rings. The number of hydrogen-bond donors (Lipinski definition) is 1. The van der Waals surface area contributed by atoms with Crippen molar-refractivity contribution in [1.29, 1.82) is 0 Å². The first-order valence-corrected chi connectivity index (χ1v) is 5.94. The van der Waals surface area contributed by atoms with Crippen molar-refractivity contribution in [3.63, 3.8) is 0 Å². The van der Waals surface area contributed by atoms with Crippen LogP contribution in [0.15, 0.2) is 30.5 Å². The van der Waals surface area contributed by atoms with E-state index >= 15 is 0 Å². The van der Waals surface area contributed by atoms with Crippen LogP contribution in [-0.2, 0) is 6.18 Å². The fourth-order valence-corrected chi connectivity index (χ4v) is 1.74. The first kappa shape index (κ1) is 14.9. The van der Waals surface area contributed by atoms with Crippen molar-refractivity contribution in [3.05, 3.63) is 41.7 Å². The van der Waals surface area contributed by atoms with E-state index < -0.39 is 11.7 Å². The number of benzene rings is 1. The summed E-state index contributed by atoms with van der Waals surface area (Å²) in [5.41, 5.74) is 4.36. The molecule has 0 aliphatic rings. The number of nitrogen functional groups attached to an aromatic ring is 1. The van der Waals surface area contributed by atoms with Crippen LogP contribution in [0, 0.1) is 0 Å². The second-order valence-electron chi connectivity index (χ2n) is 4.61. The minimum absolute atomic E-state index is 0.144. The van der Waals surface area contributed by atoms with Gasteiger partial charge in [-0.25, -0.2) is 4.68 Å². The van der Waals surface area contributed by atoms with Gasteiger partial charge in [-0.3, -0.25) is 4.79 Å². The summed E-state index contributed by atoms with van der Waals surface area (Å²) in [6.07, 6.45) is -3.13. The molecular formula is C13H13F3N4O. The predicted octanol–water partition coefficient (Wildman–Crippen LogP) is 2.18. The molecule has 0 atom stereocenters. The van der Waals surface area contributed by atoms with Crippen LogP contribution >= 0.6 is 0 Å². The topological polar surface area (TPSA) is 64.2 Å². The van der Waals surface area contributed by atoms with E-state index in [1.165, 1.54) is 27.9 Å². The quantitative estimate of drug-likeness (QED) is 0.864. The molecule has 0 saturated carbocycles. The first-order chi connectivity index (χ1) is 9.70. The fraction of sp³-hybridized carbons (Fsp3) is 0.231. The number of hydrogen-bond acceptors (Lipinski definition) is 3. The number of amides is 1. The lowest BCUT2D eigenvalue weighted by molar-refractivity contribution is -0.136. The van der Waals surface area contributed by atoms with Crippen molar-refractivity contribution < 1.29 is 18.0 Å². The lowest BCUT2D eigenvalue weighted by Gasteiger charge is -2.12. The van der Waals surface area contributed by atoms with E-state index in [4.69, 9.17) is 5.73 Å². The van der Waals surface area contributed by atoms with Gasteiger partial charge in [0.2, 0.25) is 0 Å². The number of nitrogens with two attached hydrogens (primary N) is 1. The molecule has 21 heavy (non-hydrogen) atoms. The average Bonchev–Trinajstić information content (AvgIpc) is 2.86. The van der Waals surface area contributed by atoms with E-state index in [-0.39, 0.29) is 23.0 Å². The molecule has 2 rings (SSSR count). The number of nitrogens with zero attached hydrogens (tertiary/aromatic N) is 3. The van der Waals surface area contributed by atoms with Crippen LogP contribution in [-0.4, -0.2) is 34.7 Å². The number of halogens is 3. The van der Waals surface area contributed by atoms with Crippen LogP contribution in [0.4, 0.5) is 18.9 Å². The van der Waals surface area contributed by atoms with Crippen LogP contribution < -0.4 is 5.73 Å². The molecule has 0 spiro atoms. The molecule has 1 heterocycles. The summed E-state index contributed by atoms with van der Waals surface area (Å²) in [5, 5.41) is 3.97. The van der Waals surface area contributed by atoms with Crippen molar-refractivity contribution >= 4 is 11.6 Å². The van der Waals surface area contributed by atoms with Gasteiger partial charge in [-0.2, -0.15) is 18.3 Å². The van der Waals surface area contributed by atoms with E-state index in [0.717, 1.165) is 12.1 Å². The van der Waals surface area contributed by atoms with E-state index in [9.17, 15) is 18.0 Å². The van der Waals surface area contributed by atoms with Crippen molar-refractivity contribution in [3.8, 4) is 5.69 Å². The third-order valence-electron chi connectivity index (χ3n) is 2.82. The molecule has 0 radical (unpaired) electrons. The van der Waals surface area contributed by atoms with Crippen molar-refractivity contribution in [2.24, 2.45) is 0 Å². The SMILES string of the molecule is CN(C)C(=O)c1ccn(-c2ccc(N)c(C(F)(F)F)c2)n1. The van der Waals surface area contributed by atoms with E-state index in [2.05, 4.69) is 5.10 Å². The van der Waals surface area contributed by atoms with Gasteiger partial charge in [0.1, 0.15) is 0 Å². The summed E-state index contributed by atoms with van der Waals surface area (Å²) in [6.45, 7) is 0. The van der Waals surface area contributed by atoms with Gasteiger partial charge in [0.15, 0.2) is 5.69 Å². The van der Waals surface area contributed by atoms with E-state index in [0.29, 0.717) is 0 Å². The van der Waals surface area contributed by atoms with Gasteiger partial charge >= 0.3 is 6.18 Å². The molecule has 0 saturated heterocycles. The second kappa shape index (κ2) is 5.12. The number of carbonyl (C=O) groups is 1. The molecule has 0 bridgehead atoms. The molecule has 112 valence electrons. The lowest BCUT2D eigenvalue weighted by Crippen LogP contribution is -2.22. The van der Waals surface area contributed by atoms with Crippen LogP contribution in [0.2, 0.25) is 0 Å². The molecule has 1 amide bonds. The van der Waals surface area contributed by atoms with Crippen molar-refractivity contribution in [1.82, 2.24) is 14.7 Å². The maximum Gasteiger partial charge on any atom is 0.418 e. The molecule has 0 fully saturated rings. The Hall–Kier alpha value is -2.51. The molecule has 0 unspecified atom stereocenters.